The Hall–Kier alpha value is -2.77. The number of carbonyl (C=O) groups is 1. The van der Waals surface area contributed by atoms with Gasteiger partial charge in [0.15, 0.2) is 5.82 Å². The molecular weight excluding hydrogens is 366 g/mol. The zero-order valence-corrected chi connectivity index (χ0v) is 15.7. The molecule has 148 valence electrons. The summed E-state index contributed by atoms with van der Waals surface area (Å²) in [4.78, 5) is 22.8. The average molecular weight is 388 g/mol. The lowest BCUT2D eigenvalue weighted by atomic mass is 9.74. The van der Waals surface area contributed by atoms with Crippen LogP contribution < -0.4 is 10.1 Å². The lowest BCUT2D eigenvalue weighted by molar-refractivity contribution is -0.0528. The van der Waals surface area contributed by atoms with E-state index in [1.165, 1.54) is 12.3 Å². The van der Waals surface area contributed by atoms with E-state index in [0.717, 1.165) is 24.8 Å². The van der Waals surface area contributed by atoms with Gasteiger partial charge in [0.1, 0.15) is 0 Å². The van der Waals surface area contributed by atoms with Crippen LogP contribution in [0.2, 0.25) is 0 Å². The largest absolute Gasteiger partial charge is 0.417 e. The highest BCUT2D eigenvalue weighted by Crippen LogP contribution is 2.41. The Morgan fingerprint density at radius 2 is 2.00 bits per heavy atom. The topological polar surface area (TPSA) is 67.4 Å². The van der Waals surface area contributed by atoms with Gasteiger partial charge in [-0.05, 0) is 49.8 Å². The number of nitrogens with zero attached hydrogens (tertiary/aromatic N) is 3. The second kappa shape index (κ2) is 7.33. The zero-order valence-electron chi connectivity index (χ0n) is 15.7. The molecule has 2 aromatic rings. The minimum Gasteiger partial charge on any atom is -0.417 e. The fraction of sp³-hybridized carbons (Fsp3) is 0.450. The number of nitrogens with one attached hydrogen (secondary N) is 1. The Labute approximate surface area is 161 Å². The standard InChI is InChI=1S/C20H22F2N4O2/c1-11-7-14-10-15(8-11)26(14)20(27)24-13-4-3-12(2)16(9-13)18-23-6-5-17(25-18)28-19(21)22/h3-6,9,11,14-15,19H,7-8,10H2,1-2H3,(H,24,27). The first-order valence-electron chi connectivity index (χ1n) is 9.39. The molecule has 28 heavy (non-hydrogen) atoms. The number of rotatable bonds is 4. The summed E-state index contributed by atoms with van der Waals surface area (Å²) < 4.78 is 29.2. The summed E-state index contributed by atoms with van der Waals surface area (Å²) in [5.41, 5.74) is 2.13. The van der Waals surface area contributed by atoms with Crippen molar-refractivity contribution in [2.24, 2.45) is 5.92 Å². The number of aromatic nitrogens is 2. The van der Waals surface area contributed by atoms with Crippen LogP contribution in [0.25, 0.3) is 11.4 Å². The predicted octanol–water partition coefficient (Wildman–Crippen LogP) is 4.46. The minimum atomic E-state index is -2.95. The number of aryl methyl sites for hydroxylation is 1. The number of alkyl halides is 2. The Kier molecular flexibility index (Phi) is 4.87. The van der Waals surface area contributed by atoms with E-state index >= 15 is 0 Å². The predicted molar refractivity (Wildman–Crippen MR) is 100 cm³/mol. The van der Waals surface area contributed by atoms with E-state index in [1.807, 2.05) is 24.0 Å². The molecule has 1 aromatic carbocycles. The smallest absolute Gasteiger partial charge is 0.388 e. The van der Waals surface area contributed by atoms with Gasteiger partial charge in [0.05, 0.1) is 0 Å². The van der Waals surface area contributed by atoms with Crippen LogP contribution in [0.1, 0.15) is 31.7 Å². The summed E-state index contributed by atoms with van der Waals surface area (Å²) in [6, 6.07) is 7.24. The molecule has 2 amide bonds. The molecule has 0 saturated carbocycles. The Morgan fingerprint density at radius 1 is 1.25 bits per heavy atom. The van der Waals surface area contributed by atoms with E-state index in [9.17, 15) is 13.6 Å². The van der Waals surface area contributed by atoms with Crippen molar-refractivity contribution < 1.29 is 18.3 Å². The maximum Gasteiger partial charge on any atom is 0.388 e. The summed E-state index contributed by atoms with van der Waals surface area (Å²) in [6.45, 7) is 1.15. The lowest BCUT2D eigenvalue weighted by Gasteiger charge is -2.54. The van der Waals surface area contributed by atoms with Crippen LogP contribution in [-0.4, -0.2) is 39.6 Å². The van der Waals surface area contributed by atoms with E-state index in [4.69, 9.17) is 0 Å². The fourth-order valence-corrected chi connectivity index (χ4v) is 4.24. The third-order valence-corrected chi connectivity index (χ3v) is 5.48. The number of hydrogen-bond donors (Lipinski definition) is 1. The number of urea groups is 1. The van der Waals surface area contributed by atoms with Gasteiger partial charge in [0, 0.05) is 35.6 Å². The van der Waals surface area contributed by atoms with E-state index in [0.29, 0.717) is 29.3 Å². The minimum absolute atomic E-state index is 0.0985. The van der Waals surface area contributed by atoms with Crippen molar-refractivity contribution in [1.29, 1.82) is 0 Å². The van der Waals surface area contributed by atoms with E-state index in [-0.39, 0.29) is 17.7 Å². The first-order valence-corrected chi connectivity index (χ1v) is 9.39. The second-order valence-electron chi connectivity index (χ2n) is 7.58. The average Bonchev–Trinajstić information content (AvgIpc) is 2.62. The van der Waals surface area contributed by atoms with Crippen LogP contribution in [-0.2, 0) is 0 Å². The van der Waals surface area contributed by atoms with Crippen LogP contribution in [0.15, 0.2) is 30.5 Å². The van der Waals surface area contributed by atoms with Gasteiger partial charge in [-0.15, -0.1) is 0 Å². The van der Waals surface area contributed by atoms with Crippen molar-refractivity contribution in [3.05, 3.63) is 36.0 Å². The van der Waals surface area contributed by atoms with Crippen LogP contribution in [0.3, 0.4) is 0 Å². The molecular formula is C20H22F2N4O2. The Bertz CT molecular complexity index is 880. The molecule has 2 bridgehead atoms. The summed E-state index contributed by atoms with van der Waals surface area (Å²) in [5.74, 6) is 0.733. The number of carbonyl (C=O) groups excluding carboxylic acids is 1. The maximum absolute atomic E-state index is 12.7. The molecule has 0 radical (unpaired) electrons. The van der Waals surface area contributed by atoms with Crippen molar-refractivity contribution in [3.8, 4) is 17.3 Å². The van der Waals surface area contributed by atoms with Gasteiger partial charge >= 0.3 is 12.6 Å². The molecule has 2 atom stereocenters. The van der Waals surface area contributed by atoms with Crippen molar-refractivity contribution >= 4 is 11.7 Å². The first kappa shape index (κ1) is 18.6. The first-order chi connectivity index (χ1) is 13.4. The molecule has 4 rings (SSSR count). The monoisotopic (exact) mass is 388 g/mol. The SMILES string of the molecule is Cc1ccc(NC(=O)N2C3CC(C)CC2C3)cc1-c1nccc(OC(F)F)n1. The molecule has 8 heteroatoms. The highest BCUT2D eigenvalue weighted by Gasteiger charge is 2.46. The van der Waals surface area contributed by atoms with Crippen molar-refractivity contribution in [3.63, 3.8) is 0 Å². The molecule has 2 aliphatic rings. The van der Waals surface area contributed by atoms with Crippen LogP contribution in [0.4, 0.5) is 19.3 Å². The summed E-state index contributed by atoms with van der Waals surface area (Å²) in [5, 5.41) is 2.95. The zero-order chi connectivity index (χ0) is 19.8. The maximum atomic E-state index is 12.7. The Morgan fingerprint density at radius 3 is 2.71 bits per heavy atom. The highest BCUT2D eigenvalue weighted by atomic mass is 19.3. The van der Waals surface area contributed by atoms with Gasteiger partial charge in [-0.25, -0.2) is 9.78 Å². The van der Waals surface area contributed by atoms with Gasteiger partial charge in [-0.1, -0.05) is 13.0 Å². The summed E-state index contributed by atoms with van der Waals surface area (Å²) >= 11 is 0. The third kappa shape index (κ3) is 3.63. The number of fused-ring (bicyclic) bond motifs is 2. The number of piperidine rings is 1. The van der Waals surface area contributed by atoms with Crippen LogP contribution >= 0.6 is 0 Å². The van der Waals surface area contributed by atoms with Gasteiger partial charge in [0.2, 0.25) is 5.88 Å². The van der Waals surface area contributed by atoms with Crippen molar-refractivity contribution in [2.45, 2.75) is 51.8 Å². The van der Waals surface area contributed by atoms with E-state index in [1.54, 1.807) is 6.07 Å². The summed E-state index contributed by atoms with van der Waals surface area (Å²) in [6.07, 6.45) is 4.55. The number of amides is 2. The second-order valence-corrected chi connectivity index (χ2v) is 7.58. The van der Waals surface area contributed by atoms with Crippen LogP contribution in [0.5, 0.6) is 5.88 Å². The van der Waals surface area contributed by atoms with E-state index < -0.39 is 6.61 Å². The molecule has 2 aliphatic heterocycles. The Balaban J connectivity index is 1.52. The van der Waals surface area contributed by atoms with Gasteiger partial charge in [0.25, 0.3) is 0 Å². The number of anilines is 1. The number of hydrogen-bond acceptors (Lipinski definition) is 4. The number of ether oxygens (including phenoxy) is 1. The van der Waals surface area contributed by atoms with Gasteiger partial charge < -0.3 is 15.0 Å². The van der Waals surface area contributed by atoms with Crippen molar-refractivity contribution in [1.82, 2.24) is 14.9 Å². The summed E-state index contributed by atoms with van der Waals surface area (Å²) in [7, 11) is 0. The quantitative estimate of drug-likeness (QED) is 0.840. The molecule has 6 nitrogen and oxygen atoms in total. The van der Waals surface area contributed by atoms with Crippen LogP contribution in [0, 0.1) is 12.8 Å². The normalized spacial score (nSPS) is 23.3. The molecule has 1 aromatic heterocycles. The number of halogens is 2. The molecule has 1 N–H and O–H groups in total. The molecule has 0 aliphatic carbocycles. The molecule has 0 spiro atoms. The number of benzene rings is 1. The molecule has 3 heterocycles. The van der Waals surface area contributed by atoms with Gasteiger partial charge in [-0.2, -0.15) is 13.8 Å². The van der Waals surface area contributed by atoms with E-state index in [2.05, 4.69) is 26.9 Å². The molecule has 2 saturated heterocycles. The third-order valence-electron chi connectivity index (χ3n) is 5.48. The van der Waals surface area contributed by atoms with Crippen molar-refractivity contribution in [2.75, 3.05) is 5.32 Å². The molecule has 2 unspecified atom stereocenters. The fourth-order valence-electron chi connectivity index (χ4n) is 4.24. The van der Waals surface area contributed by atoms with Gasteiger partial charge in [-0.3, -0.25) is 0 Å². The highest BCUT2D eigenvalue weighted by molar-refractivity contribution is 5.91. The lowest BCUT2D eigenvalue weighted by Crippen LogP contribution is -2.63. The molecule has 2 fully saturated rings.